The van der Waals surface area contributed by atoms with Crippen LogP contribution >= 0.6 is 24.0 Å². The highest BCUT2D eigenvalue weighted by atomic mass is 127. The van der Waals surface area contributed by atoms with Gasteiger partial charge in [0.1, 0.15) is 11.6 Å². The van der Waals surface area contributed by atoms with E-state index in [9.17, 15) is 9.50 Å². The van der Waals surface area contributed by atoms with Gasteiger partial charge in [0.25, 0.3) is 0 Å². The van der Waals surface area contributed by atoms with Crippen LogP contribution in [0.1, 0.15) is 30.9 Å². The van der Waals surface area contributed by atoms with Crippen molar-refractivity contribution in [2.45, 2.75) is 31.6 Å². The number of rotatable bonds is 7. The second-order valence-corrected chi connectivity index (χ2v) is 6.80. The molecule has 146 valence electrons. The summed E-state index contributed by atoms with van der Waals surface area (Å²) in [6, 6.07) is 14.3. The van der Waals surface area contributed by atoms with Crippen molar-refractivity contribution in [2.75, 3.05) is 19.6 Å². The largest absolute Gasteiger partial charge is 0.508 e. The van der Waals surface area contributed by atoms with Crippen LogP contribution in [0.4, 0.5) is 4.39 Å². The molecule has 3 rings (SSSR count). The van der Waals surface area contributed by atoms with Gasteiger partial charge in [-0.3, -0.25) is 4.99 Å². The monoisotopic (exact) mass is 483 g/mol. The zero-order chi connectivity index (χ0) is 18.4. The third kappa shape index (κ3) is 5.82. The van der Waals surface area contributed by atoms with Gasteiger partial charge in [0, 0.05) is 18.5 Å². The summed E-state index contributed by atoms with van der Waals surface area (Å²) in [7, 11) is 0. The molecule has 6 heteroatoms. The molecule has 0 aromatic heterocycles. The highest BCUT2D eigenvalue weighted by Crippen LogP contribution is 2.49. The Bertz CT molecular complexity index is 778. The lowest BCUT2D eigenvalue weighted by Crippen LogP contribution is -2.39. The number of hydrogen-bond acceptors (Lipinski definition) is 2. The molecule has 0 saturated heterocycles. The van der Waals surface area contributed by atoms with E-state index in [2.05, 4.69) is 10.6 Å². The van der Waals surface area contributed by atoms with Crippen LogP contribution in [0.5, 0.6) is 5.75 Å². The molecule has 1 saturated carbocycles. The van der Waals surface area contributed by atoms with Crippen molar-refractivity contribution in [3.05, 3.63) is 65.5 Å². The zero-order valence-electron chi connectivity index (χ0n) is 15.5. The molecule has 2 aromatic carbocycles. The Morgan fingerprint density at radius 1 is 1.15 bits per heavy atom. The fourth-order valence-corrected chi connectivity index (χ4v) is 3.16. The lowest BCUT2D eigenvalue weighted by atomic mass is 9.95. The van der Waals surface area contributed by atoms with Crippen LogP contribution < -0.4 is 10.6 Å². The van der Waals surface area contributed by atoms with Crippen LogP contribution in [0.3, 0.4) is 0 Å². The van der Waals surface area contributed by atoms with Crippen LogP contribution in [-0.4, -0.2) is 30.7 Å². The van der Waals surface area contributed by atoms with E-state index in [-0.39, 0.29) is 41.0 Å². The predicted molar refractivity (Wildman–Crippen MR) is 119 cm³/mol. The molecule has 0 heterocycles. The molecule has 0 spiro atoms. The normalized spacial score (nSPS) is 15.0. The number of benzene rings is 2. The van der Waals surface area contributed by atoms with Crippen molar-refractivity contribution in [3.63, 3.8) is 0 Å². The molecule has 1 aliphatic rings. The molecule has 4 nitrogen and oxygen atoms in total. The van der Waals surface area contributed by atoms with E-state index < -0.39 is 0 Å². The minimum absolute atomic E-state index is 0. The van der Waals surface area contributed by atoms with Crippen molar-refractivity contribution < 1.29 is 9.50 Å². The van der Waals surface area contributed by atoms with Gasteiger partial charge in [-0.1, -0.05) is 30.3 Å². The summed E-state index contributed by atoms with van der Waals surface area (Å²) in [6.45, 7) is 4.08. The van der Waals surface area contributed by atoms with Gasteiger partial charge in [0.05, 0.1) is 6.54 Å². The van der Waals surface area contributed by atoms with Gasteiger partial charge in [-0.25, -0.2) is 4.39 Å². The first-order valence-electron chi connectivity index (χ1n) is 9.18. The standard InChI is InChI=1S/C21H26FN3O.HI/c1-2-23-20(24-13-10-16-6-5-7-17(26)14-16)25-15-21(11-12-21)18-8-3-4-9-19(18)22;/h3-9,14,26H,2,10-13,15H2,1H3,(H2,23,24,25);1H. The van der Waals surface area contributed by atoms with Gasteiger partial charge < -0.3 is 15.7 Å². The van der Waals surface area contributed by atoms with Crippen molar-refractivity contribution in [2.24, 2.45) is 4.99 Å². The maximum absolute atomic E-state index is 14.1. The van der Waals surface area contributed by atoms with Gasteiger partial charge in [0.15, 0.2) is 5.96 Å². The molecule has 0 unspecified atom stereocenters. The summed E-state index contributed by atoms with van der Waals surface area (Å²) in [5.74, 6) is 0.890. The highest BCUT2D eigenvalue weighted by molar-refractivity contribution is 14.0. The van der Waals surface area contributed by atoms with Gasteiger partial charge >= 0.3 is 0 Å². The topological polar surface area (TPSA) is 56.7 Å². The first kappa shape index (κ1) is 21.5. The fraction of sp³-hybridized carbons (Fsp3) is 0.381. The third-order valence-electron chi connectivity index (χ3n) is 4.80. The number of hydrogen-bond donors (Lipinski definition) is 3. The van der Waals surface area contributed by atoms with Crippen molar-refractivity contribution >= 4 is 29.9 Å². The van der Waals surface area contributed by atoms with Crippen LogP contribution in [0.15, 0.2) is 53.5 Å². The van der Waals surface area contributed by atoms with E-state index >= 15 is 0 Å². The Labute approximate surface area is 177 Å². The van der Waals surface area contributed by atoms with E-state index in [4.69, 9.17) is 4.99 Å². The molecule has 1 fully saturated rings. The molecule has 0 bridgehead atoms. The van der Waals surface area contributed by atoms with Gasteiger partial charge in [0.2, 0.25) is 0 Å². The van der Waals surface area contributed by atoms with E-state index in [0.717, 1.165) is 42.9 Å². The average molecular weight is 483 g/mol. The number of phenolic OH excluding ortho intramolecular Hbond substituents is 1. The zero-order valence-corrected chi connectivity index (χ0v) is 17.9. The highest BCUT2D eigenvalue weighted by Gasteiger charge is 2.45. The third-order valence-corrected chi connectivity index (χ3v) is 4.80. The molecule has 27 heavy (non-hydrogen) atoms. The minimum Gasteiger partial charge on any atom is -0.508 e. The molecular weight excluding hydrogens is 456 g/mol. The maximum Gasteiger partial charge on any atom is 0.191 e. The van der Waals surface area contributed by atoms with Crippen LogP contribution in [-0.2, 0) is 11.8 Å². The summed E-state index contributed by atoms with van der Waals surface area (Å²) in [6.07, 6.45) is 2.73. The Kier molecular flexibility index (Phi) is 7.89. The lowest BCUT2D eigenvalue weighted by Gasteiger charge is -2.16. The second kappa shape index (κ2) is 9.92. The van der Waals surface area contributed by atoms with Crippen LogP contribution in [0.25, 0.3) is 0 Å². The summed E-state index contributed by atoms with van der Waals surface area (Å²) in [5, 5.41) is 16.1. The molecular formula is C21H27FIN3O. The second-order valence-electron chi connectivity index (χ2n) is 6.80. The Morgan fingerprint density at radius 3 is 2.59 bits per heavy atom. The molecule has 1 aliphatic carbocycles. The lowest BCUT2D eigenvalue weighted by molar-refractivity contribution is 0.474. The van der Waals surface area contributed by atoms with Crippen molar-refractivity contribution in [1.82, 2.24) is 10.6 Å². The summed E-state index contributed by atoms with van der Waals surface area (Å²) in [5.41, 5.74) is 1.69. The Balaban J connectivity index is 0.00000261. The first-order valence-corrected chi connectivity index (χ1v) is 9.18. The number of aliphatic imine (C=N–C) groups is 1. The average Bonchev–Trinajstić information content (AvgIpc) is 3.41. The summed E-state index contributed by atoms with van der Waals surface area (Å²) < 4.78 is 14.1. The van der Waals surface area contributed by atoms with E-state index in [1.807, 2.05) is 31.2 Å². The fourth-order valence-electron chi connectivity index (χ4n) is 3.16. The van der Waals surface area contributed by atoms with E-state index in [1.165, 1.54) is 6.07 Å². The number of halogens is 2. The molecule has 2 aromatic rings. The number of nitrogens with zero attached hydrogens (tertiary/aromatic N) is 1. The molecule has 0 atom stereocenters. The van der Waals surface area contributed by atoms with Crippen molar-refractivity contribution in [1.29, 1.82) is 0 Å². The summed E-state index contributed by atoms with van der Waals surface area (Å²) >= 11 is 0. The SMILES string of the molecule is CCNC(=NCC1(c2ccccc2F)CC1)NCCc1cccc(O)c1.I. The predicted octanol–water partition coefficient (Wildman–Crippen LogP) is 3.98. The molecule has 0 amide bonds. The number of phenols is 1. The maximum atomic E-state index is 14.1. The van der Waals surface area contributed by atoms with Gasteiger partial charge in [-0.2, -0.15) is 0 Å². The number of nitrogens with one attached hydrogen (secondary N) is 2. The van der Waals surface area contributed by atoms with Gasteiger partial charge in [-0.15, -0.1) is 24.0 Å². The number of guanidine groups is 1. The first-order chi connectivity index (χ1) is 12.6. The minimum atomic E-state index is -0.154. The van der Waals surface area contributed by atoms with Crippen LogP contribution in [0.2, 0.25) is 0 Å². The van der Waals surface area contributed by atoms with Crippen molar-refractivity contribution in [3.8, 4) is 5.75 Å². The van der Waals surface area contributed by atoms with E-state index in [1.54, 1.807) is 18.2 Å². The van der Waals surface area contributed by atoms with Gasteiger partial charge in [-0.05, 0) is 55.5 Å². The quantitative estimate of drug-likeness (QED) is 0.317. The van der Waals surface area contributed by atoms with E-state index in [0.29, 0.717) is 13.1 Å². The summed E-state index contributed by atoms with van der Waals surface area (Å²) in [4.78, 5) is 4.69. The molecule has 0 aliphatic heterocycles. The Hall–Kier alpha value is -1.83. The smallest absolute Gasteiger partial charge is 0.191 e. The van der Waals surface area contributed by atoms with Crippen LogP contribution in [0, 0.1) is 5.82 Å². The number of aromatic hydroxyl groups is 1. The molecule has 0 radical (unpaired) electrons. The Morgan fingerprint density at radius 2 is 1.93 bits per heavy atom. The molecule has 3 N–H and O–H groups in total.